The molecule has 1 N–H and O–H groups in total. The Hall–Kier alpha value is -2.05. The summed E-state index contributed by atoms with van der Waals surface area (Å²) in [7, 11) is 0. The summed E-state index contributed by atoms with van der Waals surface area (Å²) < 4.78 is 0. The number of carbonyl (C=O) groups is 1. The van der Waals surface area contributed by atoms with Gasteiger partial charge >= 0.3 is 0 Å². The first-order valence-electron chi connectivity index (χ1n) is 9.48. The fourth-order valence-electron chi connectivity index (χ4n) is 3.38. The minimum Gasteiger partial charge on any atom is -0.369 e. The predicted octanol–water partition coefficient (Wildman–Crippen LogP) is 3.05. The Labute approximate surface area is 166 Å². The molecule has 0 aliphatic carbocycles. The van der Waals surface area contributed by atoms with Crippen molar-refractivity contribution >= 4 is 23.4 Å². The molecule has 1 aromatic heterocycles. The van der Waals surface area contributed by atoms with Crippen LogP contribution in [0, 0.1) is 6.92 Å². The minimum atomic E-state index is -0.0308. The Bertz CT molecular complexity index is 759. The molecule has 1 aromatic carbocycles. The van der Waals surface area contributed by atoms with Crippen LogP contribution in [-0.4, -0.2) is 61.3 Å². The first kappa shape index (κ1) is 19.7. The number of hydrogen-bond acceptors (Lipinski definition) is 5. The molecule has 0 saturated carbocycles. The zero-order valence-corrected chi connectivity index (χ0v) is 17.0. The molecular weight excluding hydrogens is 356 g/mol. The van der Waals surface area contributed by atoms with Crippen molar-refractivity contribution in [2.75, 3.05) is 50.4 Å². The molecule has 1 saturated heterocycles. The molecule has 0 radical (unpaired) electrons. The molecule has 6 heteroatoms. The highest BCUT2D eigenvalue weighted by Gasteiger charge is 2.17. The second kappa shape index (κ2) is 9.76. The summed E-state index contributed by atoms with van der Waals surface area (Å²) in [6.07, 6.45) is 4.62. The number of nitrogens with one attached hydrogen (secondary N) is 1. The molecule has 0 unspecified atom stereocenters. The van der Waals surface area contributed by atoms with E-state index in [-0.39, 0.29) is 5.91 Å². The van der Waals surface area contributed by atoms with E-state index < -0.39 is 0 Å². The lowest BCUT2D eigenvalue weighted by Gasteiger charge is -2.36. The average Bonchev–Trinajstić information content (AvgIpc) is 2.71. The van der Waals surface area contributed by atoms with Gasteiger partial charge in [-0.1, -0.05) is 12.1 Å². The molecule has 2 aromatic rings. The van der Waals surface area contributed by atoms with E-state index in [1.807, 2.05) is 18.4 Å². The average molecular weight is 385 g/mol. The number of nitrogens with zero attached hydrogens (tertiary/aromatic N) is 3. The number of aryl methyl sites for hydroxylation is 1. The van der Waals surface area contributed by atoms with Gasteiger partial charge in [0.1, 0.15) is 5.03 Å². The van der Waals surface area contributed by atoms with Crippen LogP contribution < -0.4 is 10.2 Å². The Morgan fingerprint density at radius 2 is 2.00 bits per heavy atom. The van der Waals surface area contributed by atoms with E-state index >= 15 is 0 Å². The number of amides is 1. The van der Waals surface area contributed by atoms with Gasteiger partial charge in [0.15, 0.2) is 0 Å². The first-order valence-corrected chi connectivity index (χ1v) is 10.7. The van der Waals surface area contributed by atoms with Gasteiger partial charge in [0.2, 0.25) is 0 Å². The molecule has 27 heavy (non-hydrogen) atoms. The van der Waals surface area contributed by atoms with Crippen LogP contribution in [0.3, 0.4) is 0 Å². The standard InChI is InChI=1S/C21H28N4OS/c1-17-6-3-7-18(16-17)25-14-12-24(13-15-25)11-5-10-22-20(26)19-8-4-9-23-21(19)27-2/h3-4,6-9,16H,5,10-15H2,1-2H3,(H,22,26). The van der Waals surface area contributed by atoms with Gasteiger partial charge in [-0.2, -0.15) is 0 Å². The normalized spacial score (nSPS) is 15.0. The Balaban J connectivity index is 1.37. The van der Waals surface area contributed by atoms with Crippen molar-refractivity contribution in [3.8, 4) is 0 Å². The van der Waals surface area contributed by atoms with E-state index in [1.54, 1.807) is 6.20 Å². The van der Waals surface area contributed by atoms with E-state index in [9.17, 15) is 4.79 Å². The molecule has 144 valence electrons. The minimum absolute atomic E-state index is 0.0308. The maximum Gasteiger partial charge on any atom is 0.254 e. The molecular formula is C21H28N4OS. The summed E-state index contributed by atoms with van der Waals surface area (Å²) in [6.45, 7) is 8.11. The zero-order chi connectivity index (χ0) is 19.1. The van der Waals surface area contributed by atoms with E-state index in [2.05, 4.69) is 51.3 Å². The smallest absolute Gasteiger partial charge is 0.254 e. The second-order valence-electron chi connectivity index (χ2n) is 6.84. The molecule has 1 aliphatic heterocycles. The Morgan fingerprint density at radius 1 is 1.19 bits per heavy atom. The number of thioether (sulfide) groups is 1. The maximum absolute atomic E-state index is 12.3. The molecule has 1 fully saturated rings. The number of piperazine rings is 1. The van der Waals surface area contributed by atoms with Crippen LogP contribution >= 0.6 is 11.8 Å². The predicted molar refractivity (Wildman–Crippen MR) is 113 cm³/mol. The molecule has 1 aliphatic rings. The van der Waals surface area contributed by atoms with Crippen molar-refractivity contribution in [2.45, 2.75) is 18.4 Å². The molecule has 1 amide bonds. The van der Waals surface area contributed by atoms with Crippen molar-refractivity contribution in [1.82, 2.24) is 15.2 Å². The summed E-state index contributed by atoms with van der Waals surface area (Å²) >= 11 is 1.50. The number of hydrogen-bond donors (Lipinski definition) is 1. The fraction of sp³-hybridized carbons (Fsp3) is 0.429. The van der Waals surface area contributed by atoms with Crippen molar-refractivity contribution in [3.63, 3.8) is 0 Å². The highest BCUT2D eigenvalue weighted by Crippen LogP contribution is 2.18. The van der Waals surface area contributed by atoms with Gasteiger partial charge in [-0.3, -0.25) is 9.69 Å². The quantitative estimate of drug-likeness (QED) is 0.587. The lowest BCUT2D eigenvalue weighted by molar-refractivity contribution is 0.0948. The zero-order valence-electron chi connectivity index (χ0n) is 16.1. The van der Waals surface area contributed by atoms with Gasteiger partial charge in [0.25, 0.3) is 5.91 Å². The highest BCUT2D eigenvalue weighted by atomic mass is 32.2. The number of anilines is 1. The van der Waals surface area contributed by atoms with Gasteiger partial charge in [-0.15, -0.1) is 11.8 Å². The molecule has 3 rings (SSSR count). The molecule has 0 atom stereocenters. The van der Waals surface area contributed by atoms with Crippen molar-refractivity contribution in [1.29, 1.82) is 0 Å². The third-order valence-corrected chi connectivity index (χ3v) is 5.60. The third-order valence-electron chi connectivity index (χ3n) is 4.88. The van der Waals surface area contributed by atoms with E-state index in [1.165, 1.54) is 23.0 Å². The summed E-state index contributed by atoms with van der Waals surface area (Å²) in [4.78, 5) is 21.5. The fourth-order valence-corrected chi connectivity index (χ4v) is 3.93. The number of rotatable bonds is 7. The Kier molecular flexibility index (Phi) is 7.12. The van der Waals surface area contributed by atoms with Gasteiger partial charge in [0.05, 0.1) is 5.56 Å². The second-order valence-corrected chi connectivity index (χ2v) is 7.63. The highest BCUT2D eigenvalue weighted by molar-refractivity contribution is 7.98. The van der Waals surface area contributed by atoms with Crippen molar-refractivity contribution in [3.05, 3.63) is 53.7 Å². The maximum atomic E-state index is 12.3. The molecule has 2 heterocycles. The van der Waals surface area contributed by atoms with Crippen LogP contribution in [0.25, 0.3) is 0 Å². The van der Waals surface area contributed by atoms with Crippen LogP contribution in [0.15, 0.2) is 47.6 Å². The van der Waals surface area contributed by atoms with Crippen LogP contribution in [0.5, 0.6) is 0 Å². The number of aromatic nitrogens is 1. The summed E-state index contributed by atoms with van der Waals surface area (Å²) in [5.74, 6) is -0.0308. The number of benzene rings is 1. The van der Waals surface area contributed by atoms with Crippen LogP contribution in [0.2, 0.25) is 0 Å². The topological polar surface area (TPSA) is 48.5 Å². The van der Waals surface area contributed by atoms with Crippen molar-refractivity contribution in [2.24, 2.45) is 0 Å². The number of carbonyl (C=O) groups excluding carboxylic acids is 1. The SMILES string of the molecule is CSc1ncccc1C(=O)NCCCN1CCN(c2cccc(C)c2)CC1. The van der Waals surface area contributed by atoms with Gasteiger partial charge in [-0.05, 0) is 56.0 Å². The van der Waals surface area contributed by atoms with Crippen molar-refractivity contribution < 1.29 is 4.79 Å². The Morgan fingerprint density at radius 3 is 2.74 bits per heavy atom. The van der Waals surface area contributed by atoms with Crippen LogP contribution in [-0.2, 0) is 0 Å². The van der Waals surface area contributed by atoms with Gasteiger partial charge in [-0.25, -0.2) is 4.98 Å². The van der Waals surface area contributed by atoms with Gasteiger partial charge in [0, 0.05) is 44.6 Å². The lowest BCUT2D eigenvalue weighted by Crippen LogP contribution is -2.47. The van der Waals surface area contributed by atoms with Crippen LogP contribution in [0.4, 0.5) is 5.69 Å². The monoisotopic (exact) mass is 384 g/mol. The van der Waals surface area contributed by atoms with E-state index in [4.69, 9.17) is 0 Å². The summed E-state index contributed by atoms with van der Waals surface area (Å²) in [6, 6.07) is 12.4. The number of pyridine rings is 1. The third kappa shape index (κ3) is 5.47. The van der Waals surface area contributed by atoms with Crippen LogP contribution in [0.1, 0.15) is 22.3 Å². The first-order chi connectivity index (χ1) is 13.2. The largest absolute Gasteiger partial charge is 0.369 e. The van der Waals surface area contributed by atoms with E-state index in [0.29, 0.717) is 12.1 Å². The lowest BCUT2D eigenvalue weighted by atomic mass is 10.2. The molecule has 5 nitrogen and oxygen atoms in total. The molecule has 0 spiro atoms. The van der Waals surface area contributed by atoms with Gasteiger partial charge < -0.3 is 10.2 Å². The van der Waals surface area contributed by atoms with E-state index in [0.717, 1.165) is 44.2 Å². The summed E-state index contributed by atoms with van der Waals surface area (Å²) in [5, 5.41) is 3.80. The molecule has 0 bridgehead atoms. The summed E-state index contributed by atoms with van der Waals surface area (Å²) in [5.41, 5.74) is 3.30.